The molecule has 2 fully saturated rings. The van der Waals surface area contributed by atoms with Crippen LogP contribution in [0.4, 0.5) is 0 Å². The van der Waals surface area contributed by atoms with Crippen molar-refractivity contribution in [3.63, 3.8) is 0 Å². The van der Waals surface area contributed by atoms with E-state index >= 15 is 0 Å². The van der Waals surface area contributed by atoms with Gasteiger partial charge < -0.3 is 10.2 Å². The molecule has 2 aliphatic rings. The monoisotopic (exact) mass is 267 g/mol. The smallest absolute Gasteiger partial charge is 0.239 e. The molecule has 2 rings (SSSR count). The third kappa shape index (κ3) is 3.93. The van der Waals surface area contributed by atoms with Crippen LogP contribution in [0.5, 0.6) is 0 Å². The van der Waals surface area contributed by atoms with Gasteiger partial charge in [0.25, 0.3) is 0 Å². The van der Waals surface area contributed by atoms with Crippen molar-refractivity contribution in [2.75, 3.05) is 32.7 Å². The summed E-state index contributed by atoms with van der Waals surface area (Å²) in [7, 11) is 0. The fourth-order valence-corrected chi connectivity index (χ4v) is 3.25. The van der Waals surface area contributed by atoms with Crippen molar-refractivity contribution < 1.29 is 4.79 Å². The molecule has 2 aliphatic heterocycles. The lowest BCUT2D eigenvalue weighted by molar-refractivity contribution is -0.136. The first-order chi connectivity index (χ1) is 9.22. The SMILES string of the molecule is CCCNC1CCCN(CC(C)N2CCCC2)C1=O. The highest BCUT2D eigenvalue weighted by Crippen LogP contribution is 2.16. The highest BCUT2D eigenvalue weighted by molar-refractivity contribution is 5.82. The summed E-state index contributed by atoms with van der Waals surface area (Å²) in [6, 6.07) is 0.579. The van der Waals surface area contributed by atoms with Crippen LogP contribution in [0, 0.1) is 0 Å². The third-order valence-electron chi connectivity index (χ3n) is 4.42. The Morgan fingerprint density at radius 1 is 1.26 bits per heavy atom. The molecule has 2 saturated heterocycles. The molecule has 0 aromatic heterocycles. The van der Waals surface area contributed by atoms with E-state index in [4.69, 9.17) is 0 Å². The molecule has 110 valence electrons. The second-order valence-corrected chi connectivity index (χ2v) is 6.03. The molecule has 0 aromatic rings. The number of rotatable bonds is 6. The van der Waals surface area contributed by atoms with Crippen molar-refractivity contribution in [3.8, 4) is 0 Å². The van der Waals surface area contributed by atoms with E-state index in [1.165, 1.54) is 25.9 Å². The first kappa shape index (κ1) is 14.8. The maximum absolute atomic E-state index is 12.4. The zero-order valence-corrected chi connectivity index (χ0v) is 12.5. The van der Waals surface area contributed by atoms with Crippen LogP contribution in [-0.2, 0) is 4.79 Å². The maximum Gasteiger partial charge on any atom is 0.239 e. The topological polar surface area (TPSA) is 35.6 Å². The number of nitrogens with one attached hydrogen (secondary N) is 1. The van der Waals surface area contributed by atoms with Gasteiger partial charge in [0.2, 0.25) is 5.91 Å². The van der Waals surface area contributed by atoms with Crippen LogP contribution < -0.4 is 5.32 Å². The number of hydrogen-bond donors (Lipinski definition) is 1. The van der Waals surface area contributed by atoms with Crippen LogP contribution in [-0.4, -0.2) is 60.5 Å². The average Bonchev–Trinajstić information content (AvgIpc) is 2.94. The van der Waals surface area contributed by atoms with Crippen LogP contribution >= 0.6 is 0 Å². The van der Waals surface area contributed by atoms with Gasteiger partial charge in [0, 0.05) is 19.1 Å². The second kappa shape index (κ2) is 7.25. The summed E-state index contributed by atoms with van der Waals surface area (Å²) >= 11 is 0. The molecule has 0 radical (unpaired) electrons. The van der Waals surface area contributed by atoms with Crippen molar-refractivity contribution in [3.05, 3.63) is 0 Å². The van der Waals surface area contributed by atoms with E-state index in [0.29, 0.717) is 11.9 Å². The van der Waals surface area contributed by atoms with Gasteiger partial charge in [-0.25, -0.2) is 0 Å². The summed E-state index contributed by atoms with van der Waals surface area (Å²) < 4.78 is 0. The number of carbonyl (C=O) groups excluding carboxylic acids is 1. The molecule has 0 aliphatic carbocycles. The normalized spacial score (nSPS) is 26.9. The van der Waals surface area contributed by atoms with Crippen LogP contribution in [0.25, 0.3) is 0 Å². The molecule has 0 aromatic carbocycles. The zero-order valence-electron chi connectivity index (χ0n) is 12.5. The first-order valence-electron chi connectivity index (χ1n) is 7.98. The number of amides is 1. The van der Waals surface area contributed by atoms with E-state index in [-0.39, 0.29) is 6.04 Å². The largest absolute Gasteiger partial charge is 0.340 e. The van der Waals surface area contributed by atoms with Crippen molar-refractivity contribution in [1.82, 2.24) is 15.1 Å². The second-order valence-electron chi connectivity index (χ2n) is 6.03. The van der Waals surface area contributed by atoms with Crippen LogP contribution in [0.3, 0.4) is 0 Å². The fraction of sp³-hybridized carbons (Fsp3) is 0.933. The minimum absolute atomic E-state index is 0.0690. The Kier molecular flexibility index (Phi) is 5.64. The first-order valence-corrected chi connectivity index (χ1v) is 7.98. The molecule has 0 saturated carbocycles. The van der Waals surface area contributed by atoms with E-state index in [0.717, 1.165) is 38.9 Å². The van der Waals surface area contributed by atoms with Crippen molar-refractivity contribution >= 4 is 5.91 Å². The predicted octanol–water partition coefficient (Wildman–Crippen LogP) is 1.46. The quantitative estimate of drug-likeness (QED) is 0.791. The van der Waals surface area contributed by atoms with E-state index in [9.17, 15) is 4.79 Å². The van der Waals surface area contributed by atoms with E-state index in [1.807, 2.05) is 0 Å². The molecule has 2 atom stereocenters. The highest BCUT2D eigenvalue weighted by Gasteiger charge is 2.30. The van der Waals surface area contributed by atoms with Crippen LogP contribution in [0.15, 0.2) is 0 Å². The van der Waals surface area contributed by atoms with Crippen molar-refractivity contribution in [2.45, 2.75) is 58.0 Å². The summed E-state index contributed by atoms with van der Waals surface area (Å²) in [4.78, 5) is 17.0. The lowest BCUT2D eigenvalue weighted by Gasteiger charge is -2.36. The molecule has 0 spiro atoms. The van der Waals surface area contributed by atoms with Gasteiger partial charge in [-0.05, 0) is 58.7 Å². The molecular weight excluding hydrogens is 238 g/mol. The van der Waals surface area contributed by atoms with Gasteiger partial charge in [-0.15, -0.1) is 0 Å². The van der Waals surface area contributed by atoms with Crippen LogP contribution in [0.1, 0.15) is 46.0 Å². The predicted molar refractivity (Wildman–Crippen MR) is 78.2 cm³/mol. The number of likely N-dealkylation sites (tertiary alicyclic amines) is 2. The Hall–Kier alpha value is -0.610. The standard InChI is InChI=1S/C15H29N3O/c1-3-8-16-14-7-6-11-18(15(14)19)12-13(2)17-9-4-5-10-17/h13-14,16H,3-12H2,1-2H3. The lowest BCUT2D eigenvalue weighted by atomic mass is 10.0. The minimum Gasteiger partial charge on any atom is -0.340 e. The van der Waals surface area contributed by atoms with E-state index in [2.05, 4.69) is 29.0 Å². The van der Waals surface area contributed by atoms with E-state index in [1.54, 1.807) is 0 Å². The Labute approximate surface area is 117 Å². The molecule has 4 nitrogen and oxygen atoms in total. The highest BCUT2D eigenvalue weighted by atomic mass is 16.2. The van der Waals surface area contributed by atoms with Gasteiger partial charge >= 0.3 is 0 Å². The molecule has 1 amide bonds. The maximum atomic E-state index is 12.4. The Balaban J connectivity index is 1.83. The lowest BCUT2D eigenvalue weighted by Crippen LogP contribution is -2.54. The summed E-state index contributed by atoms with van der Waals surface area (Å²) in [5.74, 6) is 0.325. The Bertz CT molecular complexity index is 289. The zero-order chi connectivity index (χ0) is 13.7. The number of carbonyl (C=O) groups is 1. The van der Waals surface area contributed by atoms with Crippen LogP contribution in [0.2, 0.25) is 0 Å². The minimum atomic E-state index is 0.0690. The van der Waals surface area contributed by atoms with E-state index < -0.39 is 0 Å². The van der Waals surface area contributed by atoms with Crippen molar-refractivity contribution in [2.24, 2.45) is 0 Å². The Morgan fingerprint density at radius 2 is 2.00 bits per heavy atom. The fourth-order valence-electron chi connectivity index (χ4n) is 3.25. The molecule has 0 bridgehead atoms. The molecular formula is C15H29N3O. The molecule has 2 heterocycles. The summed E-state index contributed by atoms with van der Waals surface area (Å²) in [6.45, 7) is 9.63. The number of hydrogen-bond acceptors (Lipinski definition) is 3. The summed E-state index contributed by atoms with van der Waals surface area (Å²) in [6.07, 6.45) is 5.87. The van der Waals surface area contributed by atoms with Gasteiger partial charge in [0.05, 0.1) is 6.04 Å². The summed E-state index contributed by atoms with van der Waals surface area (Å²) in [5.41, 5.74) is 0. The third-order valence-corrected chi connectivity index (χ3v) is 4.42. The molecule has 4 heteroatoms. The molecule has 19 heavy (non-hydrogen) atoms. The van der Waals surface area contributed by atoms with Crippen molar-refractivity contribution in [1.29, 1.82) is 0 Å². The van der Waals surface area contributed by atoms with Gasteiger partial charge in [0.15, 0.2) is 0 Å². The van der Waals surface area contributed by atoms with Gasteiger partial charge in [0.1, 0.15) is 0 Å². The van der Waals surface area contributed by atoms with Gasteiger partial charge in [-0.2, -0.15) is 0 Å². The molecule has 2 unspecified atom stereocenters. The van der Waals surface area contributed by atoms with Gasteiger partial charge in [-0.3, -0.25) is 9.69 Å². The molecule has 1 N–H and O–H groups in total. The number of piperidine rings is 1. The Morgan fingerprint density at radius 3 is 2.68 bits per heavy atom. The average molecular weight is 267 g/mol. The van der Waals surface area contributed by atoms with Gasteiger partial charge in [-0.1, -0.05) is 6.92 Å². The number of nitrogens with zero attached hydrogens (tertiary/aromatic N) is 2. The summed E-state index contributed by atoms with van der Waals surface area (Å²) in [5, 5.41) is 3.39.